The molecule has 90 valence electrons. The van der Waals surface area contributed by atoms with E-state index < -0.39 is 0 Å². The fourth-order valence-electron chi connectivity index (χ4n) is 2.77. The van der Waals surface area contributed by atoms with Crippen molar-refractivity contribution in [1.82, 2.24) is 10.2 Å². The number of likely N-dealkylation sites (tertiary alicyclic amines) is 1. The Bertz CT molecular complexity index is 280. The van der Waals surface area contributed by atoms with E-state index in [-0.39, 0.29) is 0 Å². The number of hydrogen-bond donors (Lipinski definition) is 1. The molecule has 1 aliphatic carbocycles. The van der Waals surface area contributed by atoms with E-state index in [1.165, 1.54) is 32.5 Å². The zero-order valence-corrected chi connectivity index (χ0v) is 10.6. The summed E-state index contributed by atoms with van der Waals surface area (Å²) < 4.78 is 0. The summed E-state index contributed by atoms with van der Waals surface area (Å²) in [4.78, 5) is 2.59. The molecule has 1 saturated heterocycles. The van der Waals surface area contributed by atoms with E-state index >= 15 is 0 Å². The predicted molar refractivity (Wildman–Crippen MR) is 69.5 cm³/mol. The van der Waals surface area contributed by atoms with E-state index in [2.05, 4.69) is 42.3 Å². The summed E-state index contributed by atoms with van der Waals surface area (Å²) >= 11 is 0. The van der Waals surface area contributed by atoms with E-state index in [0.29, 0.717) is 0 Å². The summed E-state index contributed by atoms with van der Waals surface area (Å²) in [6.07, 6.45) is 9.39. The lowest BCUT2D eigenvalue weighted by Crippen LogP contribution is -2.33. The predicted octanol–water partition coefficient (Wildman–Crippen LogP) is 2.19. The molecule has 1 N–H and O–H groups in total. The second-order valence-electron chi connectivity index (χ2n) is 5.17. The van der Waals surface area contributed by atoms with Gasteiger partial charge in [-0.05, 0) is 25.3 Å². The van der Waals surface area contributed by atoms with Crippen molar-refractivity contribution in [3.63, 3.8) is 0 Å². The molecular weight excluding hydrogens is 196 g/mol. The summed E-state index contributed by atoms with van der Waals surface area (Å²) in [5, 5.41) is 3.55. The van der Waals surface area contributed by atoms with Gasteiger partial charge < -0.3 is 5.32 Å². The zero-order chi connectivity index (χ0) is 11.4. The first-order chi connectivity index (χ1) is 7.78. The first-order valence-corrected chi connectivity index (χ1v) is 6.60. The number of likely N-dealkylation sites (N-methyl/N-ethyl adjacent to an activating group) is 1. The highest BCUT2D eigenvalue weighted by atomic mass is 15.2. The Morgan fingerprint density at radius 1 is 1.50 bits per heavy atom. The van der Waals surface area contributed by atoms with E-state index in [4.69, 9.17) is 0 Å². The Morgan fingerprint density at radius 3 is 3.12 bits per heavy atom. The van der Waals surface area contributed by atoms with Crippen LogP contribution in [0, 0.1) is 5.92 Å². The largest absolute Gasteiger partial charge is 0.313 e. The van der Waals surface area contributed by atoms with Crippen molar-refractivity contribution in [2.75, 3.05) is 26.2 Å². The van der Waals surface area contributed by atoms with Gasteiger partial charge >= 0.3 is 0 Å². The van der Waals surface area contributed by atoms with Crippen molar-refractivity contribution in [1.29, 1.82) is 0 Å². The molecule has 0 saturated carbocycles. The number of allylic oxidation sites excluding steroid dienone is 3. The van der Waals surface area contributed by atoms with Crippen molar-refractivity contribution in [3.05, 3.63) is 23.8 Å². The summed E-state index contributed by atoms with van der Waals surface area (Å²) in [7, 11) is 0. The van der Waals surface area contributed by atoms with Crippen LogP contribution >= 0.6 is 0 Å². The Morgan fingerprint density at radius 2 is 2.38 bits per heavy atom. The van der Waals surface area contributed by atoms with Crippen LogP contribution in [0.15, 0.2) is 23.8 Å². The van der Waals surface area contributed by atoms with Crippen LogP contribution in [0.25, 0.3) is 0 Å². The van der Waals surface area contributed by atoms with Crippen LogP contribution in [0.2, 0.25) is 0 Å². The monoisotopic (exact) mass is 220 g/mol. The lowest BCUT2D eigenvalue weighted by Gasteiger charge is -2.21. The molecule has 1 heterocycles. The van der Waals surface area contributed by atoms with Crippen LogP contribution in [-0.2, 0) is 0 Å². The van der Waals surface area contributed by atoms with Gasteiger partial charge in [-0.15, -0.1) is 0 Å². The fraction of sp³-hybridized carbons (Fsp3) is 0.714. The van der Waals surface area contributed by atoms with Crippen LogP contribution in [0.3, 0.4) is 0 Å². The first kappa shape index (κ1) is 11.9. The first-order valence-electron chi connectivity index (χ1n) is 6.60. The third kappa shape index (κ3) is 3.19. The Kier molecular flexibility index (Phi) is 4.19. The molecule has 0 amide bonds. The number of rotatable bonds is 4. The van der Waals surface area contributed by atoms with E-state index in [9.17, 15) is 0 Å². The van der Waals surface area contributed by atoms with Crippen molar-refractivity contribution >= 4 is 0 Å². The van der Waals surface area contributed by atoms with Gasteiger partial charge in [-0.25, -0.2) is 0 Å². The third-order valence-electron chi connectivity index (χ3n) is 3.55. The van der Waals surface area contributed by atoms with Crippen LogP contribution < -0.4 is 5.32 Å². The van der Waals surface area contributed by atoms with Gasteiger partial charge in [0.15, 0.2) is 0 Å². The molecule has 16 heavy (non-hydrogen) atoms. The molecule has 0 aromatic carbocycles. The maximum absolute atomic E-state index is 3.55. The average Bonchev–Trinajstić information content (AvgIpc) is 2.66. The van der Waals surface area contributed by atoms with Gasteiger partial charge in [0.05, 0.1) is 0 Å². The highest BCUT2D eigenvalue weighted by molar-refractivity contribution is 5.20. The van der Waals surface area contributed by atoms with Crippen LogP contribution in [0.4, 0.5) is 0 Å². The average molecular weight is 220 g/mol. The summed E-state index contributed by atoms with van der Waals surface area (Å²) in [6, 6.07) is 0.724. The van der Waals surface area contributed by atoms with Crippen LogP contribution in [-0.4, -0.2) is 37.1 Å². The fourth-order valence-corrected chi connectivity index (χ4v) is 2.77. The Labute approximate surface area is 99.4 Å². The van der Waals surface area contributed by atoms with Crippen molar-refractivity contribution in [2.45, 2.75) is 32.7 Å². The summed E-state index contributed by atoms with van der Waals surface area (Å²) in [5.74, 6) is 0.729. The smallest absolute Gasteiger partial charge is 0.0207 e. The molecule has 0 spiro atoms. The minimum Gasteiger partial charge on any atom is -0.313 e. The molecule has 2 heteroatoms. The maximum Gasteiger partial charge on any atom is 0.0207 e. The molecule has 0 aromatic rings. The standard InChI is InChI=1S/C14H24N2/c1-3-15-14-7-8-16(11-14)10-13-6-4-5-12(2)9-13/h4-6,12,14-15H,3,7-11H2,1-2H3. The van der Waals surface area contributed by atoms with E-state index in [1.54, 1.807) is 5.57 Å². The van der Waals surface area contributed by atoms with Gasteiger partial charge in [0.25, 0.3) is 0 Å². The topological polar surface area (TPSA) is 15.3 Å². The molecule has 0 radical (unpaired) electrons. The molecule has 2 nitrogen and oxygen atoms in total. The molecule has 0 aromatic heterocycles. The summed E-state index contributed by atoms with van der Waals surface area (Å²) in [6.45, 7) is 9.25. The van der Waals surface area contributed by atoms with Gasteiger partial charge in [0.1, 0.15) is 0 Å². The molecule has 1 fully saturated rings. The van der Waals surface area contributed by atoms with Gasteiger partial charge in [-0.2, -0.15) is 0 Å². The normalized spacial score (nSPS) is 30.8. The lowest BCUT2D eigenvalue weighted by atomic mass is 9.96. The quantitative estimate of drug-likeness (QED) is 0.781. The Hall–Kier alpha value is -0.600. The molecule has 2 aliphatic rings. The molecule has 0 bridgehead atoms. The highest BCUT2D eigenvalue weighted by Gasteiger charge is 2.22. The molecule has 2 unspecified atom stereocenters. The second-order valence-corrected chi connectivity index (χ2v) is 5.17. The van der Waals surface area contributed by atoms with Crippen molar-refractivity contribution < 1.29 is 0 Å². The minimum atomic E-state index is 0.724. The van der Waals surface area contributed by atoms with Crippen molar-refractivity contribution in [3.8, 4) is 0 Å². The minimum absolute atomic E-state index is 0.724. The molecule has 2 atom stereocenters. The van der Waals surface area contributed by atoms with E-state index in [1.807, 2.05) is 0 Å². The summed E-state index contributed by atoms with van der Waals surface area (Å²) in [5.41, 5.74) is 1.60. The Balaban J connectivity index is 1.78. The van der Waals surface area contributed by atoms with E-state index in [0.717, 1.165) is 18.5 Å². The van der Waals surface area contributed by atoms with Crippen LogP contribution in [0.1, 0.15) is 26.7 Å². The number of nitrogens with zero attached hydrogens (tertiary/aromatic N) is 1. The molecule has 1 aliphatic heterocycles. The van der Waals surface area contributed by atoms with Gasteiger partial charge in [0.2, 0.25) is 0 Å². The number of hydrogen-bond acceptors (Lipinski definition) is 2. The van der Waals surface area contributed by atoms with Gasteiger partial charge in [-0.1, -0.05) is 37.6 Å². The maximum atomic E-state index is 3.55. The zero-order valence-electron chi connectivity index (χ0n) is 10.6. The lowest BCUT2D eigenvalue weighted by molar-refractivity contribution is 0.349. The SMILES string of the molecule is CCNC1CCN(CC2=CC=CC(C)C2)C1. The number of nitrogens with one attached hydrogen (secondary N) is 1. The third-order valence-corrected chi connectivity index (χ3v) is 3.55. The van der Waals surface area contributed by atoms with Gasteiger partial charge in [0, 0.05) is 25.7 Å². The van der Waals surface area contributed by atoms with Crippen LogP contribution in [0.5, 0.6) is 0 Å². The van der Waals surface area contributed by atoms with Gasteiger partial charge in [-0.3, -0.25) is 4.90 Å². The highest BCUT2D eigenvalue weighted by Crippen LogP contribution is 2.20. The molecule has 2 rings (SSSR count). The molecular formula is C14H24N2. The second kappa shape index (κ2) is 5.65. The van der Waals surface area contributed by atoms with Crippen molar-refractivity contribution in [2.24, 2.45) is 5.92 Å².